The smallest absolute Gasteiger partial charge is 0.329 e. The highest BCUT2D eigenvalue weighted by molar-refractivity contribution is 6.39. The summed E-state index contributed by atoms with van der Waals surface area (Å²) in [7, 11) is 4.59. The fourth-order valence-electron chi connectivity index (χ4n) is 10.4. The molecule has 0 aromatic heterocycles. The maximum Gasteiger partial charge on any atom is 0.329 e. The molecule has 0 aromatic rings. The van der Waals surface area contributed by atoms with Crippen LogP contribution in [0.3, 0.4) is 0 Å². The second kappa shape index (κ2) is 26.6. The van der Waals surface area contributed by atoms with Crippen LogP contribution in [0.1, 0.15) is 137 Å². The summed E-state index contributed by atoms with van der Waals surface area (Å²) in [6.45, 7) is 9.24. The molecular weight excluding hydrogens is 851 g/mol. The minimum Gasteiger partial charge on any atom is -0.456 e. The molecule has 2 bridgehead atoms. The number of ketones is 3. The van der Waals surface area contributed by atoms with Gasteiger partial charge in [0.05, 0.1) is 30.5 Å². The van der Waals surface area contributed by atoms with Crippen molar-refractivity contribution in [2.45, 2.75) is 192 Å². The summed E-state index contributed by atoms with van der Waals surface area (Å²) in [5.41, 5.74) is 1.55. The number of fused-ring (bicyclic) bond motifs is 3. The molecule has 3 heterocycles. The van der Waals surface area contributed by atoms with Crippen LogP contribution in [-0.4, -0.2) is 144 Å². The van der Waals surface area contributed by atoms with Crippen molar-refractivity contribution in [1.29, 1.82) is 0 Å². The molecule has 0 unspecified atom stereocenters. The van der Waals surface area contributed by atoms with Crippen LogP contribution in [0.2, 0.25) is 0 Å². The molecule has 1 aliphatic carbocycles. The lowest BCUT2D eigenvalue weighted by Gasteiger charge is -2.47. The minimum atomic E-state index is -2.54. The van der Waals surface area contributed by atoms with Gasteiger partial charge in [-0.25, -0.2) is 4.79 Å². The third-order valence-electron chi connectivity index (χ3n) is 14.5. The Morgan fingerprint density at radius 1 is 0.879 bits per heavy atom. The molecular formula is C51H81NO14. The molecule has 1 saturated carbocycles. The van der Waals surface area contributed by atoms with Crippen molar-refractivity contribution in [1.82, 2.24) is 4.90 Å². The number of cyclic esters (lactones) is 1. The summed E-state index contributed by atoms with van der Waals surface area (Å²) in [6.07, 6.45) is 8.92. The highest BCUT2D eigenvalue weighted by atomic mass is 16.7. The van der Waals surface area contributed by atoms with Crippen LogP contribution in [0.15, 0.2) is 35.5 Å². The van der Waals surface area contributed by atoms with Gasteiger partial charge in [-0.15, -0.1) is 0 Å². The zero-order valence-corrected chi connectivity index (χ0v) is 40.9. The van der Waals surface area contributed by atoms with Crippen LogP contribution < -0.4 is 0 Å². The van der Waals surface area contributed by atoms with Crippen LogP contribution >= 0.6 is 0 Å². The van der Waals surface area contributed by atoms with Crippen molar-refractivity contribution in [3.8, 4) is 0 Å². The van der Waals surface area contributed by atoms with E-state index in [0.29, 0.717) is 89.0 Å². The lowest BCUT2D eigenvalue weighted by molar-refractivity contribution is -0.302. The van der Waals surface area contributed by atoms with Crippen LogP contribution in [-0.2, 0) is 47.7 Å². The quantitative estimate of drug-likeness (QED) is 0.0731. The first-order valence-electron chi connectivity index (χ1n) is 24.4. The molecule has 66 heavy (non-hydrogen) atoms. The second-order valence-corrected chi connectivity index (χ2v) is 19.7. The first-order valence-corrected chi connectivity index (χ1v) is 24.4. The van der Waals surface area contributed by atoms with E-state index in [1.807, 2.05) is 38.2 Å². The van der Waals surface area contributed by atoms with E-state index in [2.05, 4.69) is 0 Å². The number of aliphatic hydroxyl groups excluding tert-OH is 3. The zero-order chi connectivity index (χ0) is 48.7. The lowest BCUT2D eigenvalue weighted by atomic mass is 9.81. The highest BCUT2D eigenvalue weighted by Crippen LogP contribution is 2.39. The van der Waals surface area contributed by atoms with E-state index in [4.69, 9.17) is 28.8 Å². The Balaban J connectivity index is 1.75. The molecule has 15 nitrogen and oxygen atoms in total. The van der Waals surface area contributed by atoms with Crippen molar-refractivity contribution in [2.24, 2.45) is 29.6 Å². The van der Waals surface area contributed by atoms with E-state index < -0.39 is 83.9 Å². The summed E-state index contributed by atoms with van der Waals surface area (Å²) in [6, 6.07) is -1.18. The van der Waals surface area contributed by atoms with Crippen molar-refractivity contribution >= 4 is 29.2 Å². The fraction of sp³-hybridized carbons (Fsp3) is 0.784. The number of aliphatic hydroxyl groups is 4. The third kappa shape index (κ3) is 14.9. The maximum absolute atomic E-state index is 14.5. The second-order valence-electron chi connectivity index (χ2n) is 19.7. The number of ether oxygens (including phenoxy) is 5. The minimum absolute atomic E-state index is 0.0423. The van der Waals surface area contributed by atoms with Gasteiger partial charge in [-0.1, -0.05) is 50.6 Å². The van der Waals surface area contributed by atoms with Crippen molar-refractivity contribution in [3.63, 3.8) is 0 Å². The topological polar surface area (TPSA) is 216 Å². The van der Waals surface area contributed by atoms with Crippen molar-refractivity contribution in [2.75, 3.05) is 34.5 Å². The molecule has 15 heteroatoms. The summed E-state index contributed by atoms with van der Waals surface area (Å²) in [5.74, 6) is -8.02. The molecule has 374 valence electrons. The van der Waals surface area contributed by atoms with Gasteiger partial charge in [0.2, 0.25) is 5.79 Å². The Hall–Kier alpha value is -3.15. The van der Waals surface area contributed by atoms with Crippen LogP contribution in [0.25, 0.3) is 0 Å². The number of carbonyl (C=O) groups is 5. The molecule has 1 amide bonds. The third-order valence-corrected chi connectivity index (χ3v) is 14.5. The van der Waals surface area contributed by atoms with Gasteiger partial charge in [0.25, 0.3) is 11.7 Å². The Labute approximate surface area is 392 Å². The van der Waals surface area contributed by atoms with Crippen molar-refractivity contribution in [3.05, 3.63) is 35.5 Å². The Kier molecular flexibility index (Phi) is 22.3. The molecule has 0 aromatic carbocycles. The van der Waals surface area contributed by atoms with Crippen LogP contribution in [0, 0.1) is 29.6 Å². The number of methoxy groups -OCH3 is 3. The monoisotopic (exact) mass is 932 g/mol. The maximum atomic E-state index is 14.5. The van der Waals surface area contributed by atoms with Gasteiger partial charge in [-0.2, -0.15) is 0 Å². The molecule has 4 aliphatic rings. The van der Waals surface area contributed by atoms with Crippen molar-refractivity contribution < 1.29 is 68.1 Å². The van der Waals surface area contributed by atoms with Gasteiger partial charge in [0.15, 0.2) is 0 Å². The van der Waals surface area contributed by atoms with Crippen LogP contribution in [0.4, 0.5) is 0 Å². The molecule has 4 rings (SSSR count). The average Bonchev–Trinajstić information content (AvgIpc) is 3.29. The number of hydrogen-bond acceptors (Lipinski definition) is 14. The number of amides is 1. The first kappa shape index (κ1) is 55.4. The van der Waals surface area contributed by atoms with Gasteiger partial charge < -0.3 is 49.0 Å². The van der Waals surface area contributed by atoms with E-state index in [0.717, 1.165) is 5.57 Å². The number of Topliss-reactive ketones (excluding diaryl/α,β-unsaturated/α-hetero) is 3. The fourth-order valence-corrected chi connectivity index (χ4v) is 10.4. The molecule has 4 N–H and O–H groups in total. The van der Waals surface area contributed by atoms with E-state index in [-0.39, 0.29) is 61.9 Å². The normalized spacial score (nSPS) is 37.2. The molecule has 3 aliphatic heterocycles. The number of rotatable bonds is 14. The Bertz CT molecular complexity index is 1710. The van der Waals surface area contributed by atoms with E-state index >= 15 is 0 Å². The highest BCUT2D eigenvalue weighted by Gasteiger charge is 2.56. The van der Waals surface area contributed by atoms with Gasteiger partial charge in [-0.3, -0.25) is 19.2 Å². The molecule has 0 spiro atoms. The van der Waals surface area contributed by atoms with Gasteiger partial charge >= 0.3 is 5.97 Å². The number of esters is 1. The number of allylic oxidation sites excluding steroid dienone is 5. The van der Waals surface area contributed by atoms with Gasteiger partial charge in [-0.05, 0) is 115 Å². The number of carbonyl (C=O) groups excluding carboxylic acids is 5. The predicted molar refractivity (Wildman–Crippen MR) is 247 cm³/mol. The van der Waals surface area contributed by atoms with Gasteiger partial charge in [0, 0.05) is 71.5 Å². The summed E-state index contributed by atoms with van der Waals surface area (Å²) in [5, 5.41) is 43.6. The predicted octanol–water partition coefficient (Wildman–Crippen LogP) is 5.52. The van der Waals surface area contributed by atoms with E-state index in [1.165, 1.54) is 19.1 Å². The number of unbranched alkanes of at least 4 members (excludes halogenated alkanes) is 1. The standard InChI is InChI=1S/C51H81NO14/c1-31-24-32(2)26-44(63-7)47-45(64-8)28-34(4)51(61,66-47)48(58)49(59)52-22-14-12-19-39(52)50(60)65-46(33(3)27-36-20-21-40(55)43(29-36)62-6)35(5)41(56)30-42(57)37(25-31)16-10-9-11-17-38(54)18-13-15-23-53/h9-10,25,27,32,34-37,39-41,43-47,53,55-56,61H,11-24,26,28-30H2,1-8H3/b10-9+,31-25+,33-27+/t32-,34+,35+,36-,37+,39-,40+,41-,43+,44-,45-,46+,47+,51+/m0/s1. The first-order chi connectivity index (χ1) is 31.4. The molecule has 0 radical (unpaired) electrons. The van der Waals surface area contributed by atoms with E-state index in [1.54, 1.807) is 27.9 Å². The van der Waals surface area contributed by atoms with Gasteiger partial charge in [0.1, 0.15) is 29.8 Å². The summed E-state index contributed by atoms with van der Waals surface area (Å²) < 4.78 is 30.0. The molecule has 14 atom stereocenters. The van der Waals surface area contributed by atoms with E-state index in [9.17, 15) is 39.3 Å². The molecule has 3 fully saturated rings. The number of piperidine rings is 1. The van der Waals surface area contributed by atoms with Crippen LogP contribution in [0.5, 0.6) is 0 Å². The average molecular weight is 932 g/mol. The number of hydrogen-bond donors (Lipinski definition) is 4. The summed E-state index contributed by atoms with van der Waals surface area (Å²) >= 11 is 0. The summed E-state index contributed by atoms with van der Waals surface area (Å²) in [4.78, 5) is 71.0. The Morgan fingerprint density at radius 3 is 2.26 bits per heavy atom. The SMILES string of the molecule is CO[C@H]1C[C@@H](C)C/C(C)=C/[C@@H](C/C=C/CCC(=O)CCCCO)C(=O)C[C@H](O)[C@@H](C)[C@@H](/C(C)=C/[C@@H]2CC[C@@H](O)[C@H](OC)C2)OC(=O)[C@@H]2CCCCN2C(=O)C(=O)[C@]2(O)O[C@H]1[C@@H](OC)C[C@H]2C. The largest absolute Gasteiger partial charge is 0.456 e. The molecule has 2 saturated heterocycles. The number of nitrogens with zero attached hydrogens (tertiary/aromatic N) is 1. The zero-order valence-electron chi connectivity index (χ0n) is 40.9. The lowest BCUT2D eigenvalue weighted by Crippen LogP contribution is -2.64. The Morgan fingerprint density at radius 2 is 1.58 bits per heavy atom.